The third kappa shape index (κ3) is 4.50. The second kappa shape index (κ2) is 9.20. The molecular formula is C23H26BrN5O2. The molecule has 1 N–H and O–H groups in total. The predicted octanol–water partition coefficient (Wildman–Crippen LogP) is 4.00. The molecule has 0 bridgehead atoms. The first-order chi connectivity index (χ1) is 15.0. The summed E-state index contributed by atoms with van der Waals surface area (Å²) in [6.07, 6.45) is 0.836. The number of benzene rings is 2. The first kappa shape index (κ1) is 21.5. The number of urea groups is 1. The van der Waals surface area contributed by atoms with Crippen molar-refractivity contribution in [3.63, 3.8) is 0 Å². The molecule has 0 spiro atoms. The highest BCUT2D eigenvalue weighted by molar-refractivity contribution is 9.10. The van der Waals surface area contributed by atoms with Crippen molar-refractivity contribution >= 4 is 38.6 Å². The number of carbonyl (C=O) groups is 1. The van der Waals surface area contributed by atoms with E-state index in [0.717, 1.165) is 41.0 Å². The summed E-state index contributed by atoms with van der Waals surface area (Å²) in [5.74, 6) is 0.776. The van der Waals surface area contributed by atoms with Gasteiger partial charge in [-0.1, -0.05) is 41.1 Å². The van der Waals surface area contributed by atoms with Crippen molar-refractivity contribution < 1.29 is 4.79 Å². The molecular weight excluding hydrogens is 458 g/mol. The largest absolute Gasteiger partial charge is 0.322 e. The van der Waals surface area contributed by atoms with Gasteiger partial charge in [0.15, 0.2) is 0 Å². The normalized spacial score (nSPS) is 15.8. The Balaban J connectivity index is 1.47. The molecule has 1 atom stereocenters. The Morgan fingerprint density at radius 3 is 2.58 bits per heavy atom. The first-order valence-corrected chi connectivity index (χ1v) is 11.3. The SMILES string of the molecule is CCC(c1nc2ccccc2c(=O)n1C)N1CCN(C(=O)Nc2cccc(Br)c2)CC1. The Morgan fingerprint density at radius 2 is 1.87 bits per heavy atom. The van der Waals surface area contributed by atoms with Crippen LogP contribution in [0.4, 0.5) is 10.5 Å². The molecule has 2 heterocycles. The van der Waals surface area contributed by atoms with Crippen LogP contribution >= 0.6 is 15.9 Å². The molecule has 1 aromatic heterocycles. The maximum absolute atomic E-state index is 12.8. The maximum Gasteiger partial charge on any atom is 0.321 e. The minimum absolute atomic E-state index is 0.0221. The Bertz CT molecular complexity index is 1150. The van der Waals surface area contributed by atoms with Gasteiger partial charge in [-0.2, -0.15) is 0 Å². The summed E-state index contributed by atoms with van der Waals surface area (Å²) in [7, 11) is 1.79. The summed E-state index contributed by atoms with van der Waals surface area (Å²) in [6, 6.07) is 15.0. The Hall–Kier alpha value is -2.71. The number of nitrogens with one attached hydrogen (secondary N) is 1. The lowest BCUT2D eigenvalue weighted by atomic mass is 10.1. The van der Waals surface area contributed by atoms with Crippen LogP contribution in [0.25, 0.3) is 10.9 Å². The number of carbonyl (C=O) groups excluding carboxylic acids is 1. The van der Waals surface area contributed by atoms with Gasteiger partial charge in [-0.3, -0.25) is 14.3 Å². The number of hydrogen-bond donors (Lipinski definition) is 1. The van der Waals surface area contributed by atoms with Crippen LogP contribution in [0, 0.1) is 0 Å². The molecule has 2 amide bonds. The second-order valence-corrected chi connectivity index (χ2v) is 8.65. The van der Waals surface area contributed by atoms with Gasteiger partial charge in [0.05, 0.1) is 16.9 Å². The number of para-hydroxylation sites is 1. The lowest BCUT2D eigenvalue weighted by molar-refractivity contribution is 0.105. The van der Waals surface area contributed by atoms with E-state index in [4.69, 9.17) is 4.98 Å². The fourth-order valence-electron chi connectivity index (χ4n) is 4.14. The number of amides is 2. The summed E-state index contributed by atoms with van der Waals surface area (Å²) >= 11 is 3.43. The van der Waals surface area contributed by atoms with Gasteiger partial charge in [0.2, 0.25) is 0 Å². The number of fused-ring (bicyclic) bond motifs is 1. The fraction of sp³-hybridized carbons (Fsp3) is 0.348. The first-order valence-electron chi connectivity index (χ1n) is 10.5. The van der Waals surface area contributed by atoms with Gasteiger partial charge >= 0.3 is 6.03 Å². The van der Waals surface area contributed by atoms with E-state index >= 15 is 0 Å². The van der Waals surface area contributed by atoms with Gasteiger partial charge in [0.25, 0.3) is 5.56 Å². The van der Waals surface area contributed by atoms with Gasteiger partial charge in [-0.05, 0) is 36.8 Å². The van der Waals surface area contributed by atoms with E-state index < -0.39 is 0 Å². The quantitative estimate of drug-likeness (QED) is 0.608. The molecule has 1 aliphatic heterocycles. The van der Waals surface area contributed by atoms with E-state index in [-0.39, 0.29) is 17.6 Å². The number of hydrogen-bond acceptors (Lipinski definition) is 4. The predicted molar refractivity (Wildman–Crippen MR) is 126 cm³/mol. The number of aromatic nitrogens is 2. The highest BCUT2D eigenvalue weighted by atomic mass is 79.9. The van der Waals surface area contributed by atoms with Gasteiger partial charge in [0.1, 0.15) is 5.82 Å². The van der Waals surface area contributed by atoms with Gasteiger partial charge in [0, 0.05) is 43.4 Å². The van der Waals surface area contributed by atoms with Crippen LogP contribution in [0.1, 0.15) is 25.2 Å². The molecule has 7 nitrogen and oxygen atoms in total. The monoisotopic (exact) mass is 483 g/mol. The van der Waals surface area contributed by atoms with Crippen molar-refractivity contribution in [2.45, 2.75) is 19.4 Å². The van der Waals surface area contributed by atoms with Crippen molar-refractivity contribution in [2.75, 3.05) is 31.5 Å². The van der Waals surface area contributed by atoms with Crippen LogP contribution in [-0.2, 0) is 7.05 Å². The van der Waals surface area contributed by atoms with E-state index in [9.17, 15) is 9.59 Å². The van der Waals surface area contributed by atoms with Crippen LogP contribution in [-0.4, -0.2) is 51.6 Å². The average Bonchev–Trinajstić information content (AvgIpc) is 2.78. The lowest BCUT2D eigenvalue weighted by Gasteiger charge is -2.39. The van der Waals surface area contributed by atoms with Crippen molar-refractivity contribution in [1.82, 2.24) is 19.4 Å². The summed E-state index contributed by atoms with van der Waals surface area (Å²) in [4.78, 5) is 34.5. The molecule has 0 saturated carbocycles. The average molecular weight is 484 g/mol. The number of piperazine rings is 1. The lowest BCUT2D eigenvalue weighted by Crippen LogP contribution is -2.51. The zero-order valence-corrected chi connectivity index (χ0v) is 19.3. The van der Waals surface area contributed by atoms with Gasteiger partial charge in [-0.15, -0.1) is 0 Å². The maximum atomic E-state index is 12.8. The second-order valence-electron chi connectivity index (χ2n) is 7.74. The number of anilines is 1. The van der Waals surface area contributed by atoms with Crippen molar-refractivity contribution in [1.29, 1.82) is 0 Å². The third-order valence-electron chi connectivity index (χ3n) is 5.82. The van der Waals surface area contributed by atoms with Crippen molar-refractivity contribution in [2.24, 2.45) is 7.05 Å². The van der Waals surface area contributed by atoms with Crippen molar-refractivity contribution in [3.8, 4) is 0 Å². The van der Waals surface area contributed by atoms with Crippen LogP contribution in [0.3, 0.4) is 0 Å². The van der Waals surface area contributed by atoms with Gasteiger partial charge < -0.3 is 10.2 Å². The molecule has 0 aliphatic carbocycles. The molecule has 1 fully saturated rings. The Morgan fingerprint density at radius 1 is 1.13 bits per heavy atom. The highest BCUT2D eigenvalue weighted by Gasteiger charge is 2.28. The minimum atomic E-state index is -0.0953. The molecule has 2 aromatic carbocycles. The van der Waals surface area contributed by atoms with Crippen molar-refractivity contribution in [3.05, 3.63) is 69.2 Å². The van der Waals surface area contributed by atoms with Crippen LogP contribution in [0.5, 0.6) is 0 Å². The summed E-state index contributed by atoms with van der Waals surface area (Å²) in [5.41, 5.74) is 1.47. The zero-order chi connectivity index (χ0) is 22.0. The summed E-state index contributed by atoms with van der Waals surface area (Å²) in [5, 5.41) is 3.60. The standard InChI is InChI=1S/C23H26BrN5O2/c1-3-20(21-26-19-10-5-4-9-18(19)22(30)27(21)2)28-11-13-29(14-12-28)23(31)25-17-8-6-7-16(24)15-17/h4-10,15,20H,3,11-14H2,1-2H3,(H,25,31). The summed E-state index contributed by atoms with van der Waals surface area (Å²) < 4.78 is 2.59. The zero-order valence-electron chi connectivity index (χ0n) is 17.7. The van der Waals surface area contributed by atoms with Gasteiger partial charge in [-0.25, -0.2) is 9.78 Å². The Kier molecular flexibility index (Phi) is 6.38. The molecule has 1 unspecified atom stereocenters. The number of halogens is 1. The third-order valence-corrected chi connectivity index (χ3v) is 6.31. The van der Waals surface area contributed by atoms with E-state index in [0.29, 0.717) is 18.5 Å². The number of nitrogens with zero attached hydrogens (tertiary/aromatic N) is 4. The molecule has 4 rings (SSSR count). The molecule has 8 heteroatoms. The van der Waals surface area contributed by atoms with Crippen LogP contribution in [0.15, 0.2) is 57.8 Å². The molecule has 162 valence electrons. The molecule has 31 heavy (non-hydrogen) atoms. The fourth-order valence-corrected chi connectivity index (χ4v) is 4.54. The van der Waals surface area contributed by atoms with E-state index in [1.807, 2.05) is 53.4 Å². The highest BCUT2D eigenvalue weighted by Crippen LogP contribution is 2.25. The Labute approximate surface area is 189 Å². The molecule has 1 aliphatic rings. The number of rotatable bonds is 4. The van der Waals surface area contributed by atoms with E-state index in [2.05, 4.69) is 33.1 Å². The molecule has 0 radical (unpaired) electrons. The van der Waals surface area contributed by atoms with Crippen LogP contribution < -0.4 is 10.9 Å². The smallest absolute Gasteiger partial charge is 0.321 e. The van der Waals surface area contributed by atoms with E-state index in [1.54, 1.807) is 11.6 Å². The molecule has 3 aromatic rings. The minimum Gasteiger partial charge on any atom is -0.322 e. The summed E-state index contributed by atoms with van der Waals surface area (Å²) in [6.45, 7) is 4.81. The topological polar surface area (TPSA) is 70.5 Å². The molecule has 1 saturated heterocycles. The van der Waals surface area contributed by atoms with E-state index in [1.165, 1.54) is 0 Å². The van der Waals surface area contributed by atoms with Crippen LogP contribution in [0.2, 0.25) is 0 Å².